The Morgan fingerprint density at radius 3 is 2.71 bits per heavy atom. The van der Waals surface area contributed by atoms with Crippen molar-refractivity contribution in [2.24, 2.45) is 5.73 Å². The predicted octanol–water partition coefficient (Wildman–Crippen LogP) is 3.03. The number of thioether (sulfide) groups is 1. The average Bonchev–Trinajstić information content (AvgIpc) is 2.79. The van der Waals surface area contributed by atoms with Gasteiger partial charge in [-0.15, -0.1) is 10.2 Å². The van der Waals surface area contributed by atoms with Crippen LogP contribution < -0.4 is 5.73 Å². The maximum Gasteiger partial charge on any atom is 0.174 e. The lowest BCUT2D eigenvalue weighted by Gasteiger charge is -2.21. The first kappa shape index (κ1) is 12.5. The molecule has 0 radical (unpaired) electrons. The molecule has 2 rings (SSSR count). The molecule has 2 aromatic rings. The number of aromatic nitrogens is 2. The zero-order valence-electron chi connectivity index (χ0n) is 9.83. The maximum absolute atomic E-state index is 6.09. The summed E-state index contributed by atoms with van der Waals surface area (Å²) in [6.07, 6.45) is 0. The molecule has 2 atom stereocenters. The van der Waals surface area contributed by atoms with Crippen LogP contribution in [0.5, 0.6) is 0 Å². The zero-order chi connectivity index (χ0) is 12.3. The van der Waals surface area contributed by atoms with Gasteiger partial charge in [0.15, 0.2) is 4.34 Å². The fraction of sp³-hybridized carbons (Fsp3) is 0.333. The Bertz CT molecular complexity index is 468. The fourth-order valence-electron chi connectivity index (χ4n) is 1.68. The van der Waals surface area contributed by atoms with Crippen LogP contribution in [0.1, 0.15) is 23.3 Å². The van der Waals surface area contributed by atoms with Gasteiger partial charge in [0.05, 0.1) is 5.25 Å². The van der Waals surface area contributed by atoms with Gasteiger partial charge in [0, 0.05) is 6.04 Å². The van der Waals surface area contributed by atoms with Crippen molar-refractivity contribution in [3.63, 3.8) is 0 Å². The Morgan fingerprint density at radius 2 is 2.12 bits per heavy atom. The quantitative estimate of drug-likeness (QED) is 0.863. The molecule has 0 saturated carbocycles. The van der Waals surface area contributed by atoms with E-state index in [0.29, 0.717) is 0 Å². The molecule has 5 heteroatoms. The van der Waals surface area contributed by atoms with Crippen LogP contribution in [-0.2, 0) is 0 Å². The molecule has 0 aliphatic rings. The van der Waals surface area contributed by atoms with Crippen LogP contribution in [-0.4, -0.2) is 16.2 Å². The largest absolute Gasteiger partial charge is 0.327 e. The number of hydrogen-bond acceptors (Lipinski definition) is 5. The SMILES string of the molecule is Cc1ccccc1C(Sc1nncs1)C(C)N. The van der Waals surface area contributed by atoms with Crippen molar-refractivity contribution in [3.05, 3.63) is 40.9 Å². The summed E-state index contributed by atoms with van der Waals surface area (Å²) in [4.78, 5) is 0. The van der Waals surface area contributed by atoms with Crippen molar-refractivity contribution in [1.29, 1.82) is 0 Å². The van der Waals surface area contributed by atoms with E-state index in [0.717, 1.165) is 4.34 Å². The van der Waals surface area contributed by atoms with E-state index in [1.807, 2.05) is 13.0 Å². The molecule has 90 valence electrons. The average molecular weight is 265 g/mol. The van der Waals surface area contributed by atoms with Gasteiger partial charge >= 0.3 is 0 Å². The molecule has 2 unspecified atom stereocenters. The van der Waals surface area contributed by atoms with Gasteiger partial charge in [-0.05, 0) is 25.0 Å². The van der Waals surface area contributed by atoms with E-state index in [1.165, 1.54) is 11.1 Å². The fourth-order valence-corrected chi connectivity index (χ4v) is 3.54. The molecule has 17 heavy (non-hydrogen) atoms. The summed E-state index contributed by atoms with van der Waals surface area (Å²) >= 11 is 3.25. The first-order valence-corrected chi connectivity index (χ1v) is 7.18. The monoisotopic (exact) mass is 265 g/mol. The van der Waals surface area contributed by atoms with E-state index < -0.39 is 0 Å². The van der Waals surface area contributed by atoms with Gasteiger partial charge in [-0.2, -0.15) is 0 Å². The third kappa shape index (κ3) is 3.06. The lowest BCUT2D eigenvalue weighted by molar-refractivity contribution is 0.717. The molecule has 0 aliphatic heterocycles. The van der Waals surface area contributed by atoms with E-state index in [2.05, 4.69) is 35.3 Å². The van der Waals surface area contributed by atoms with Crippen LogP contribution in [0.25, 0.3) is 0 Å². The first-order valence-electron chi connectivity index (χ1n) is 5.42. The summed E-state index contributed by atoms with van der Waals surface area (Å²) in [6.45, 7) is 4.15. The summed E-state index contributed by atoms with van der Waals surface area (Å²) in [6, 6.07) is 8.43. The van der Waals surface area contributed by atoms with Gasteiger partial charge in [-0.3, -0.25) is 0 Å². The molecule has 0 spiro atoms. The topological polar surface area (TPSA) is 51.8 Å². The van der Waals surface area contributed by atoms with Gasteiger partial charge in [0.25, 0.3) is 0 Å². The van der Waals surface area contributed by atoms with E-state index in [-0.39, 0.29) is 11.3 Å². The number of nitrogens with two attached hydrogens (primary N) is 1. The highest BCUT2D eigenvalue weighted by molar-refractivity contribution is 8.01. The van der Waals surface area contributed by atoms with Gasteiger partial charge < -0.3 is 5.73 Å². The lowest BCUT2D eigenvalue weighted by atomic mass is 10.0. The third-order valence-corrected chi connectivity index (χ3v) is 4.82. The van der Waals surface area contributed by atoms with E-state index >= 15 is 0 Å². The zero-order valence-corrected chi connectivity index (χ0v) is 11.5. The van der Waals surface area contributed by atoms with E-state index in [9.17, 15) is 0 Å². The molecule has 1 heterocycles. The third-order valence-electron chi connectivity index (χ3n) is 2.54. The van der Waals surface area contributed by atoms with Crippen LogP contribution in [0, 0.1) is 6.92 Å². The highest BCUT2D eigenvalue weighted by Gasteiger charge is 2.20. The number of nitrogens with zero attached hydrogens (tertiary/aromatic N) is 2. The summed E-state index contributed by atoms with van der Waals surface area (Å²) in [7, 11) is 0. The Morgan fingerprint density at radius 1 is 1.35 bits per heavy atom. The van der Waals surface area contributed by atoms with E-state index in [4.69, 9.17) is 5.73 Å². The summed E-state index contributed by atoms with van der Waals surface area (Å²) < 4.78 is 0.968. The van der Waals surface area contributed by atoms with Crippen molar-refractivity contribution in [3.8, 4) is 0 Å². The number of aryl methyl sites for hydroxylation is 1. The minimum absolute atomic E-state index is 0.0741. The van der Waals surface area contributed by atoms with Crippen LogP contribution in [0.3, 0.4) is 0 Å². The van der Waals surface area contributed by atoms with Crippen molar-refractivity contribution in [1.82, 2.24) is 10.2 Å². The van der Waals surface area contributed by atoms with Crippen LogP contribution in [0.2, 0.25) is 0 Å². The van der Waals surface area contributed by atoms with Gasteiger partial charge in [0.2, 0.25) is 0 Å². The molecule has 0 amide bonds. The summed E-state index contributed by atoms with van der Waals surface area (Å²) in [5.41, 5.74) is 10.4. The van der Waals surface area contributed by atoms with Gasteiger partial charge in [0.1, 0.15) is 5.51 Å². The normalized spacial score (nSPS) is 14.5. The number of benzene rings is 1. The summed E-state index contributed by atoms with van der Waals surface area (Å²) in [5.74, 6) is 0. The molecular formula is C12H15N3S2. The highest BCUT2D eigenvalue weighted by atomic mass is 32.2. The van der Waals surface area contributed by atoms with E-state index in [1.54, 1.807) is 28.6 Å². The predicted molar refractivity (Wildman–Crippen MR) is 73.3 cm³/mol. The Kier molecular flexibility index (Phi) is 4.15. The maximum atomic E-state index is 6.09. The second kappa shape index (κ2) is 5.62. The molecule has 1 aromatic carbocycles. The molecule has 2 N–H and O–H groups in total. The molecule has 3 nitrogen and oxygen atoms in total. The standard InChI is InChI=1S/C12H15N3S2/c1-8-5-3-4-6-10(8)11(9(2)13)17-12-15-14-7-16-12/h3-7,9,11H,13H2,1-2H3. The van der Waals surface area contributed by atoms with Crippen LogP contribution in [0.15, 0.2) is 34.1 Å². The van der Waals surface area contributed by atoms with Crippen molar-refractivity contribution in [2.45, 2.75) is 29.5 Å². The first-order chi connectivity index (χ1) is 8.18. The second-order valence-corrected chi connectivity index (χ2v) is 6.18. The smallest absolute Gasteiger partial charge is 0.174 e. The van der Waals surface area contributed by atoms with Gasteiger partial charge in [-0.1, -0.05) is 47.4 Å². The Balaban J connectivity index is 2.27. The van der Waals surface area contributed by atoms with Crippen molar-refractivity contribution >= 4 is 23.1 Å². The Hall–Kier alpha value is -0.910. The number of hydrogen-bond donors (Lipinski definition) is 1. The minimum atomic E-state index is 0.0741. The van der Waals surface area contributed by atoms with Crippen LogP contribution >= 0.6 is 23.1 Å². The minimum Gasteiger partial charge on any atom is -0.327 e. The molecule has 1 aromatic heterocycles. The molecule has 0 saturated heterocycles. The second-order valence-electron chi connectivity index (χ2n) is 3.96. The molecule has 0 fully saturated rings. The van der Waals surface area contributed by atoms with Crippen LogP contribution in [0.4, 0.5) is 0 Å². The lowest BCUT2D eigenvalue weighted by Crippen LogP contribution is -2.23. The summed E-state index contributed by atoms with van der Waals surface area (Å²) in [5, 5.41) is 8.15. The van der Waals surface area contributed by atoms with Crippen molar-refractivity contribution < 1.29 is 0 Å². The highest BCUT2D eigenvalue weighted by Crippen LogP contribution is 2.38. The van der Waals surface area contributed by atoms with Crippen molar-refractivity contribution in [2.75, 3.05) is 0 Å². The number of rotatable bonds is 4. The molecule has 0 aliphatic carbocycles. The van der Waals surface area contributed by atoms with Gasteiger partial charge in [-0.25, -0.2) is 0 Å². The molecule has 0 bridgehead atoms. The Labute approximate surface area is 109 Å². The molecular weight excluding hydrogens is 250 g/mol.